The lowest BCUT2D eigenvalue weighted by molar-refractivity contribution is -0.120. The van der Waals surface area contributed by atoms with Crippen molar-refractivity contribution >= 4 is 5.91 Å². The van der Waals surface area contributed by atoms with Gasteiger partial charge in [0, 0.05) is 5.70 Å². The number of hydrogen-bond donors (Lipinski definition) is 2. The number of rotatable bonds is 6. The molecule has 0 aromatic carbocycles. The van der Waals surface area contributed by atoms with E-state index in [2.05, 4.69) is 55.1 Å². The number of amides is 1. The second-order valence-corrected chi connectivity index (χ2v) is 6.40. The van der Waals surface area contributed by atoms with Crippen LogP contribution in [0.25, 0.3) is 0 Å². The molecule has 3 nitrogen and oxygen atoms in total. The predicted octanol–water partition coefficient (Wildman–Crippen LogP) is 4.40. The minimum Gasteiger partial charge on any atom is -0.380 e. The van der Waals surface area contributed by atoms with E-state index in [0.717, 1.165) is 25.7 Å². The van der Waals surface area contributed by atoms with Gasteiger partial charge in [-0.3, -0.25) is 4.79 Å². The summed E-state index contributed by atoms with van der Waals surface area (Å²) in [5, 5.41) is 6.49. The zero-order chi connectivity index (χ0) is 18.5. The van der Waals surface area contributed by atoms with E-state index in [4.69, 9.17) is 0 Å². The maximum atomic E-state index is 12.2. The van der Waals surface area contributed by atoms with E-state index >= 15 is 0 Å². The molecule has 0 spiro atoms. The van der Waals surface area contributed by atoms with Crippen LogP contribution in [0.1, 0.15) is 59.3 Å². The molecule has 1 amide bonds. The molecule has 25 heavy (non-hydrogen) atoms. The molecule has 2 aliphatic rings. The van der Waals surface area contributed by atoms with Gasteiger partial charge in [-0.15, -0.1) is 12.3 Å². The summed E-state index contributed by atoms with van der Waals surface area (Å²) in [7, 11) is 0. The highest BCUT2D eigenvalue weighted by Gasteiger charge is 2.15. The van der Waals surface area contributed by atoms with Crippen LogP contribution < -0.4 is 10.6 Å². The maximum absolute atomic E-state index is 12.2. The van der Waals surface area contributed by atoms with Crippen LogP contribution in [-0.4, -0.2) is 18.5 Å². The Morgan fingerprint density at radius 2 is 2.00 bits per heavy atom. The molecule has 0 radical (unpaired) electrons. The van der Waals surface area contributed by atoms with Gasteiger partial charge in [0.2, 0.25) is 5.91 Å². The Bertz CT molecular complexity index is 588. The van der Waals surface area contributed by atoms with Crippen LogP contribution in [0.5, 0.6) is 0 Å². The predicted molar refractivity (Wildman–Crippen MR) is 107 cm³/mol. The third-order valence-corrected chi connectivity index (χ3v) is 4.42. The Hall–Kier alpha value is -2.21. The summed E-state index contributed by atoms with van der Waals surface area (Å²) < 4.78 is 0. The van der Waals surface area contributed by atoms with Gasteiger partial charge in [-0.2, -0.15) is 0 Å². The van der Waals surface area contributed by atoms with Gasteiger partial charge in [-0.1, -0.05) is 42.9 Å². The number of allylic oxidation sites excluding steroid dienone is 7. The average Bonchev–Trinajstić information content (AvgIpc) is 2.89. The molecule has 0 saturated carbocycles. The first-order valence-electron chi connectivity index (χ1n) is 9.23. The summed E-state index contributed by atoms with van der Waals surface area (Å²) in [6.07, 6.45) is 21.5. The van der Waals surface area contributed by atoms with Crippen molar-refractivity contribution in [3.8, 4) is 12.3 Å². The van der Waals surface area contributed by atoms with Crippen LogP contribution in [0.2, 0.25) is 0 Å². The summed E-state index contributed by atoms with van der Waals surface area (Å²) in [4.78, 5) is 12.2. The molecule has 0 unspecified atom stereocenters. The third-order valence-electron chi connectivity index (χ3n) is 4.42. The summed E-state index contributed by atoms with van der Waals surface area (Å²) in [6.45, 7) is 6.32. The smallest absolute Gasteiger partial charge is 0.239 e. The van der Waals surface area contributed by atoms with Gasteiger partial charge in [0.25, 0.3) is 0 Å². The molecular weight excluding hydrogens is 308 g/mol. The SMILES string of the molecule is C#CC.CC[C@@H](NC(=O)CNC1=C(C)CCCC1)C1=CC=CC=CC1. The highest BCUT2D eigenvalue weighted by molar-refractivity contribution is 5.79. The van der Waals surface area contributed by atoms with E-state index < -0.39 is 0 Å². The average molecular weight is 341 g/mol. The molecule has 136 valence electrons. The van der Waals surface area contributed by atoms with Crippen LogP contribution in [0.4, 0.5) is 0 Å². The maximum Gasteiger partial charge on any atom is 0.239 e. The van der Waals surface area contributed by atoms with E-state index in [9.17, 15) is 4.79 Å². The van der Waals surface area contributed by atoms with E-state index in [-0.39, 0.29) is 11.9 Å². The van der Waals surface area contributed by atoms with Crippen LogP contribution >= 0.6 is 0 Å². The number of hydrogen-bond acceptors (Lipinski definition) is 2. The summed E-state index contributed by atoms with van der Waals surface area (Å²) in [5.41, 5.74) is 3.95. The monoisotopic (exact) mass is 340 g/mol. The van der Waals surface area contributed by atoms with Crippen molar-refractivity contribution in [2.45, 2.75) is 65.3 Å². The summed E-state index contributed by atoms with van der Waals surface area (Å²) >= 11 is 0. The van der Waals surface area contributed by atoms with Gasteiger partial charge in [0.1, 0.15) is 0 Å². The van der Waals surface area contributed by atoms with Crippen molar-refractivity contribution < 1.29 is 4.79 Å². The molecule has 2 aliphatic carbocycles. The number of terminal acetylenes is 1. The number of nitrogens with one attached hydrogen (secondary N) is 2. The van der Waals surface area contributed by atoms with Crippen molar-refractivity contribution in [3.05, 3.63) is 47.2 Å². The van der Waals surface area contributed by atoms with E-state index in [0.29, 0.717) is 6.54 Å². The van der Waals surface area contributed by atoms with Crippen LogP contribution in [-0.2, 0) is 4.79 Å². The van der Waals surface area contributed by atoms with Crippen molar-refractivity contribution in [1.82, 2.24) is 10.6 Å². The first-order chi connectivity index (χ1) is 12.1. The molecule has 1 atom stereocenters. The Morgan fingerprint density at radius 1 is 1.28 bits per heavy atom. The van der Waals surface area contributed by atoms with Gasteiger partial charge in [0.05, 0.1) is 12.6 Å². The van der Waals surface area contributed by atoms with Crippen LogP contribution in [0, 0.1) is 12.3 Å². The summed E-state index contributed by atoms with van der Waals surface area (Å²) in [6, 6.07) is 0.128. The number of carbonyl (C=O) groups excluding carboxylic acids is 1. The van der Waals surface area contributed by atoms with Gasteiger partial charge in [-0.05, 0) is 57.9 Å². The minimum atomic E-state index is 0.0795. The fourth-order valence-electron chi connectivity index (χ4n) is 3.04. The zero-order valence-corrected chi connectivity index (χ0v) is 15.9. The largest absolute Gasteiger partial charge is 0.380 e. The van der Waals surface area contributed by atoms with Gasteiger partial charge < -0.3 is 10.6 Å². The molecule has 2 rings (SSSR count). The fourth-order valence-corrected chi connectivity index (χ4v) is 3.04. The standard InChI is InChI=1S/C19H28N2O.C3H4/c1-3-17(16-11-6-4-5-7-12-16)21-19(22)14-20-18-13-9-8-10-15(18)2;1-3-2/h4-7,11,17,20H,3,8-10,12-14H2,1-2H3,(H,21,22);1H,2H3/t17-;/m1./s1. The lowest BCUT2D eigenvalue weighted by Crippen LogP contribution is -2.41. The second kappa shape index (κ2) is 12.2. The molecule has 0 aliphatic heterocycles. The molecule has 3 heteroatoms. The van der Waals surface area contributed by atoms with Crippen molar-refractivity contribution in [1.29, 1.82) is 0 Å². The number of carbonyl (C=O) groups is 1. The van der Waals surface area contributed by atoms with E-state index in [1.165, 1.54) is 29.7 Å². The molecule has 0 fully saturated rings. The third kappa shape index (κ3) is 7.94. The van der Waals surface area contributed by atoms with Crippen molar-refractivity contribution in [2.24, 2.45) is 0 Å². The van der Waals surface area contributed by atoms with Crippen molar-refractivity contribution in [3.63, 3.8) is 0 Å². The highest BCUT2D eigenvalue weighted by Crippen LogP contribution is 2.22. The lowest BCUT2D eigenvalue weighted by atomic mass is 9.97. The molecule has 0 heterocycles. The quantitative estimate of drug-likeness (QED) is 0.704. The first-order valence-corrected chi connectivity index (χ1v) is 9.23. The Balaban J connectivity index is 0.000000970. The molecular formula is C22H32N2O. The topological polar surface area (TPSA) is 41.1 Å². The highest BCUT2D eigenvalue weighted by atomic mass is 16.1. The van der Waals surface area contributed by atoms with Gasteiger partial charge >= 0.3 is 0 Å². The summed E-state index contributed by atoms with van der Waals surface area (Å²) in [5.74, 6) is 2.33. The van der Waals surface area contributed by atoms with Crippen LogP contribution in [0.15, 0.2) is 47.2 Å². The molecule has 0 aromatic heterocycles. The van der Waals surface area contributed by atoms with Gasteiger partial charge in [0.15, 0.2) is 0 Å². The van der Waals surface area contributed by atoms with Crippen molar-refractivity contribution in [2.75, 3.05) is 6.54 Å². The lowest BCUT2D eigenvalue weighted by Gasteiger charge is -2.22. The zero-order valence-electron chi connectivity index (χ0n) is 15.9. The van der Waals surface area contributed by atoms with Gasteiger partial charge in [-0.25, -0.2) is 0 Å². The van der Waals surface area contributed by atoms with E-state index in [1.54, 1.807) is 6.92 Å². The molecule has 2 N–H and O–H groups in total. The molecule has 0 saturated heterocycles. The molecule has 0 aromatic rings. The Labute approximate surface area is 153 Å². The van der Waals surface area contributed by atoms with Crippen LogP contribution in [0.3, 0.4) is 0 Å². The first kappa shape index (κ1) is 20.8. The Kier molecular flexibility index (Phi) is 10.2. The Morgan fingerprint density at radius 3 is 2.68 bits per heavy atom. The fraction of sp³-hybridized carbons (Fsp3) is 0.500. The molecule has 0 bridgehead atoms. The minimum absolute atomic E-state index is 0.0795. The van der Waals surface area contributed by atoms with E-state index in [1.807, 2.05) is 12.2 Å². The second-order valence-electron chi connectivity index (χ2n) is 6.40. The normalized spacial score (nSPS) is 17.4.